The highest BCUT2D eigenvalue weighted by molar-refractivity contribution is 6.31. The van der Waals surface area contributed by atoms with E-state index >= 15 is 0 Å². The normalized spacial score (nSPS) is 11.0. The van der Waals surface area contributed by atoms with Gasteiger partial charge in [0.15, 0.2) is 5.82 Å². The second-order valence-electron chi connectivity index (χ2n) is 5.31. The molecule has 0 fully saturated rings. The van der Waals surface area contributed by atoms with Gasteiger partial charge in [0, 0.05) is 17.0 Å². The van der Waals surface area contributed by atoms with Crippen LogP contribution in [0.15, 0.2) is 39.8 Å². The molecule has 0 atom stereocenters. The topological polar surface area (TPSA) is 73.8 Å². The molecule has 0 spiro atoms. The van der Waals surface area contributed by atoms with Crippen molar-refractivity contribution in [1.29, 1.82) is 0 Å². The molecule has 0 bridgehead atoms. The molecule has 0 amide bonds. The highest BCUT2D eigenvalue weighted by Crippen LogP contribution is 2.12. The lowest BCUT2D eigenvalue weighted by Gasteiger charge is -2.02. The third-order valence-electron chi connectivity index (χ3n) is 3.57. The van der Waals surface area contributed by atoms with E-state index in [1.165, 1.54) is 10.9 Å². The Labute approximate surface area is 148 Å². The average molecular weight is 365 g/mol. The minimum absolute atomic E-state index is 0.116. The second kappa shape index (κ2) is 7.15. The average Bonchev–Trinajstić information content (AvgIpc) is 3.02. The minimum Gasteiger partial charge on any atom is -0.337 e. The number of aryl methyl sites for hydroxylation is 2. The van der Waals surface area contributed by atoms with Gasteiger partial charge >= 0.3 is 0 Å². The Kier molecular flexibility index (Phi) is 4.97. The van der Waals surface area contributed by atoms with Crippen LogP contribution < -0.4 is 5.56 Å². The molecule has 2 heterocycles. The molecule has 6 nitrogen and oxygen atoms in total. The van der Waals surface area contributed by atoms with Crippen molar-refractivity contribution in [3.8, 4) is 0 Å². The van der Waals surface area contributed by atoms with E-state index in [1.54, 1.807) is 6.92 Å². The van der Waals surface area contributed by atoms with Gasteiger partial charge in [0.2, 0.25) is 5.89 Å². The summed E-state index contributed by atoms with van der Waals surface area (Å²) in [6.07, 6.45) is 2.83. The summed E-state index contributed by atoms with van der Waals surface area (Å²) >= 11 is 11.7. The lowest BCUT2D eigenvalue weighted by atomic mass is 10.1. The quantitative estimate of drug-likeness (QED) is 0.695. The Morgan fingerprint density at radius 2 is 1.92 bits per heavy atom. The summed E-state index contributed by atoms with van der Waals surface area (Å²) in [5, 5.41) is 8.95. The molecule has 0 aliphatic carbocycles. The Hall–Kier alpha value is -2.18. The molecule has 1 aromatic carbocycles. The van der Waals surface area contributed by atoms with Gasteiger partial charge in [0.1, 0.15) is 6.54 Å². The number of benzene rings is 1. The van der Waals surface area contributed by atoms with Crippen LogP contribution in [0.4, 0.5) is 0 Å². The summed E-state index contributed by atoms with van der Waals surface area (Å²) in [5.41, 5.74) is 1.30. The van der Waals surface area contributed by atoms with E-state index in [1.807, 2.05) is 24.3 Å². The van der Waals surface area contributed by atoms with Gasteiger partial charge in [0.05, 0.1) is 11.2 Å². The molecule has 8 heteroatoms. The van der Waals surface area contributed by atoms with Gasteiger partial charge in [-0.05, 0) is 31.0 Å². The maximum Gasteiger partial charge on any atom is 0.271 e. The fourth-order valence-electron chi connectivity index (χ4n) is 2.17. The van der Waals surface area contributed by atoms with E-state index in [0.717, 1.165) is 12.0 Å². The van der Waals surface area contributed by atoms with E-state index in [9.17, 15) is 4.79 Å². The molecule has 0 aliphatic rings. The zero-order chi connectivity index (χ0) is 17.1. The summed E-state index contributed by atoms with van der Waals surface area (Å²) < 4.78 is 6.43. The Morgan fingerprint density at radius 3 is 2.67 bits per heavy atom. The van der Waals surface area contributed by atoms with Crippen LogP contribution in [0.2, 0.25) is 10.0 Å². The largest absolute Gasteiger partial charge is 0.337 e. The molecule has 0 saturated heterocycles. The first-order chi connectivity index (χ1) is 11.5. The number of aromatic nitrogens is 4. The first-order valence-corrected chi connectivity index (χ1v) is 8.06. The van der Waals surface area contributed by atoms with Crippen molar-refractivity contribution in [2.45, 2.75) is 26.3 Å². The summed E-state index contributed by atoms with van der Waals surface area (Å²) in [6.45, 7) is 1.76. The number of hydrogen-bond donors (Lipinski definition) is 0. The highest BCUT2D eigenvalue weighted by Gasteiger charge is 2.11. The van der Waals surface area contributed by atoms with E-state index in [-0.39, 0.29) is 12.1 Å². The number of nitrogens with zero attached hydrogens (tertiary/aromatic N) is 4. The van der Waals surface area contributed by atoms with Gasteiger partial charge in [-0.1, -0.05) is 40.5 Å². The Morgan fingerprint density at radius 1 is 1.17 bits per heavy atom. The fraction of sp³-hybridized carbons (Fsp3) is 0.250. The smallest absolute Gasteiger partial charge is 0.271 e. The highest BCUT2D eigenvalue weighted by atomic mass is 35.5. The second-order valence-corrected chi connectivity index (χ2v) is 6.15. The van der Waals surface area contributed by atoms with Crippen molar-refractivity contribution in [2.24, 2.45) is 0 Å². The van der Waals surface area contributed by atoms with Crippen LogP contribution in [-0.4, -0.2) is 19.9 Å². The lowest BCUT2D eigenvalue weighted by molar-refractivity contribution is 0.358. The SMILES string of the molecule is Cc1c(Cl)cnn(Cc2nc(CCc3ccc(Cl)cc3)no2)c1=O. The molecule has 3 aromatic rings. The van der Waals surface area contributed by atoms with Gasteiger partial charge in [-0.2, -0.15) is 10.1 Å². The molecular formula is C16H14Cl2N4O2. The van der Waals surface area contributed by atoms with Gasteiger partial charge in [-0.15, -0.1) is 0 Å². The van der Waals surface area contributed by atoms with Crippen molar-refractivity contribution in [2.75, 3.05) is 0 Å². The number of halogens is 2. The van der Waals surface area contributed by atoms with Gasteiger partial charge in [0.25, 0.3) is 5.56 Å². The zero-order valence-electron chi connectivity index (χ0n) is 12.9. The Bertz CT molecular complexity index is 903. The Balaban J connectivity index is 1.66. The van der Waals surface area contributed by atoms with Crippen LogP contribution in [0, 0.1) is 6.92 Å². The molecule has 0 unspecified atom stereocenters. The van der Waals surface area contributed by atoms with Crippen molar-refractivity contribution < 1.29 is 4.52 Å². The maximum absolute atomic E-state index is 12.1. The molecule has 24 heavy (non-hydrogen) atoms. The van der Waals surface area contributed by atoms with Crippen molar-refractivity contribution in [3.05, 3.63) is 73.7 Å². The van der Waals surface area contributed by atoms with Gasteiger partial charge in [-0.25, -0.2) is 4.68 Å². The molecule has 124 valence electrons. The van der Waals surface area contributed by atoms with E-state index in [0.29, 0.717) is 33.7 Å². The van der Waals surface area contributed by atoms with Crippen LogP contribution >= 0.6 is 23.2 Å². The van der Waals surface area contributed by atoms with Crippen molar-refractivity contribution in [3.63, 3.8) is 0 Å². The molecule has 0 N–H and O–H groups in total. The minimum atomic E-state index is -0.275. The molecule has 0 aliphatic heterocycles. The van der Waals surface area contributed by atoms with E-state index in [4.69, 9.17) is 27.7 Å². The summed E-state index contributed by atoms with van der Waals surface area (Å²) in [5.74, 6) is 0.913. The summed E-state index contributed by atoms with van der Waals surface area (Å²) in [7, 11) is 0. The first kappa shape index (κ1) is 16.7. The van der Waals surface area contributed by atoms with E-state index < -0.39 is 0 Å². The van der Waals surface area contributed by atoms with Crippen LogP contribution in [0.25, 0.3) is 0 Å². The number of hydrogen-bond acceptors (Lipinski definition) is 5. The van der Waals surface area contributed by atoms with Crippen LogP contribution in [0.5, 0.6) is 0 Å². The van der Waals surface area contributed by atoms with Gasteiger partial charge in [-0.3, -0.25) is 4.79 Å². The lowest BCUT2D eigenvalue weighted by Crippen LogP contribution is -2.25. The van der Waals surface area contributed by atoms with Crippen LogP contribution in [-0.2, 0) is 19.4 Å². The standard InChI is InChI=1S/C16H14Cl2N4O2/c1-10-13(18)8-19-22(16(10)23)9-15-20-14(21-24-15)7-4-11-2-5-12(17)6-3-11/h2-3,5-6,8H,4,7,9H2,1H3. The predicted octanol–water partition coefficient (Wildman–Crippen LogP) is 3.08. The summed E-state index contributed by atoms with van der Waals surface area (Å²) in [4.78, 5) is 16.3. The van der Waals surface area contributed by atoms with Crippen LogP contribution in [0.3, 0.4) is 0 Å². The van der Waals surface area contributed by atoms with Crippen molar-refractivity contribution >= 4 is 23.2 Å². The third-order valence-corrected chi connectivity index (χ3v) is 4.20. The number of rotatable bonds is 5. The maximum atomic E-state index is 12.1. The molecule has 3 rings (SSSR count). The first-order valence-electron chi connectivity index (χ1n) is 7.31. The van der Waals surface area contributed by atoms with Crippen molar-refractivity contribution in [1.82, 2.24) is 19.9 Å². The predicted molar refractivity (Wildman–Crippen MR) is 90.5 cm³/mol. The monoisotopic (exact) mass is 364 g/mol. The third kappa shape index (κ3) is 3.83. The molecule has 2 aromatic heterocycles. The molecular weight excluding hydrogens is 351 g/mol. The summed E-state index contributed by atoms with van der Waals surface area (Å²) in [6, 6.07) is 7.62. The zero-order valence-corrected chi connectivity index (χ0v) is 14.4. The van der Waals surface area contributed by atoms with Crippen LogP contribution in [0.1, 0.15) is 22.8 Å². The van der Waals surface area contributed by atoms with Gasteiger partial charge < -0.3 is 4.52 Å². The molecule has 0 radical (unpaired) electrons. The van der Waals surface area contributed by atoms with E-state index in [2.05, 4.69) is 15.2 Å². The fourth-order valence-corrected chi connectivity index (χ4v) is 2.42. The molecule has 0 saturated carbocycles.